The maximum atomic E-state index is 6.22. The summed E-state index contributed by atoms with van der Waals surface area (Å²) in [7, 11) is 2.28. The molecular weight excluding hydrogens is 232 g/mol. The zero-order chi connectivity index (χ0) is 14.1. The third-order valence-electron chi connectivity index (χ3n) is 5.19. The van der Waals surface area contributed by atoms with Gasteiger partial charge in [0.25, 0.3) is 0 Å². The summed E-state index contributed by atoms with van der Waals surface area (Å²) in [5.41, 5.74) is 6.47. The Morgan fingerprint density at radius 3 is 1.53 bits per heavy atom. The van der Waals surface area contributed by atoms with Gasteiger partial charge in [-0.25, -0.2) is 0 Å². The Kier molecular flexibility index (Phi) is 8.01. The van der Waals surface area contributed by atoms with Crippen molar-refractivity contribution in [2.24, 2.45) is 5.73 Å². The molecule has 0 aromatic heterocycles. The summed E-state index contributed by atoms with van der Waals surface area (Å²) in [6.45, 7) is 5.42. The summed E-state index contributed by atoms with van der Waals surface area (Å²) < 4.78 is 0. The van der Waals surface area contributed by atoms with E-state index in [0.29, 0.717) is 6.04 Å². The van der Waals surface area contributed by atoms with Crippen molar-refractivity contribution in [1.29, 1.82) is 0 Å². The lowest BCUT2D eigenvalue weighted by molar-refractivity contribution is 0.0690. The zero-order valence-electron chi connectivity index (χ0n) is 13.6. The van der Waals surface area contributed by atoms with Crippen LogP contribution in [0, 0.1) is 0 Å². The first kappa shape index (κ1) is 17.0. The molecule has 19 heavy (non-hydrogen) atoms. The van der Waals surface area contributed by atoms with Crippen molar-refractivity contribution in [1.82, 2.24) is 4.90 Å². The van der Waals surface area contributed by atoms with E-state index >= 15 is 0 Å². The number of nitrogens with two attached hydrogens (primary N) is 1. The smallest absolute Gasteiger partial charge is 0.0331 e. The fraction of sp³-hybridized carbons (Fsp3) is 1.00. The Morgan fingerprint density at radius 2 is 1.21 bits per heavy atom. The van der Waals surface area contributed by atoms with Crippen LogP contribution >= 0.6 is 0 Å². The van der Waals surface area contributed by atoms with Gasteiger partial charge in [0.2, 0.25) is 0 Å². The molecule has 0 radical (unpaired) electrons. The SMILES string of the molecule is CC(C)N(C)C1(CN)CCCCCCCCCCC1. The minimum absolute atomic E-state index is 0.257. The summed E-state index contributed by atoms with van der Waals surface area (Å²) in [4.78, 5) is 2.55. The van der Waals surface area contributed by atoms with E-state index in [1.54, 1.807) is 0 Å². The second-order valence-corrected chi connectivity index (χ2v) is 6.82. The van der Waals surface area contributed by atoms with E-state index in [2.05, 4.69) is 25.8 Å². The van der Waals surface area contributed by atoms with Crippen molar-refractivity contribution in [3.63, 3.8) is 0 Å². The molecule has 1 aliphatic carbocycles. The monoisotopic (exact) mass is 268 g/mol. The minimum Gasteiger partial charge on any atom is -0.329 e. The van der Waals surface area contributed by atoms with Crippen molar-refractivity contribution in [3.05, 3.63) is 0 Å². The number of likely N-dealkylation sites (N-methyl/N-ethyl adjacent to an activating group) is 1. The quantitative estimate of drug-likeness (QED) is 0.825. The third kappa shape index (κ3) is 5.43. The zero-order valence-corrected chi connectivity index (χ0v) is 13.6. The van der Waals surface area contributed by atoms with Gasteiger partial charge in [-0.3, -0.25) is 4.90 Å². The van der Waals surface area contributed by atoms with Gasteiger partial charge in [-0.1, -0.05) is 57.8 Å². The lowest BCUT2D eigenvalue weighted by Crippen LogP contribution is -2.54. The molecule has 2 N–H and O–H groups in total. The molecule has 1 rings (SSSR count). The van der Waals surface area contributed by atoms with E-state index in [-0.39, 0.29) is 5.54 Å². The van der Waals surface area contributed by atoms with Crippen molar-refractivity contribution < 1.29 is 0 Å². The fourth-order valence-electron chi connectivity index (χ4n) is 3.52. The lowest BCUT2D eigenvalue weighted by atomic mass is 9.83. The second-order valence-electron chi connectivity index (χ2n) is 6.82. The summed E-state index contributed by atoms with van der Waals surface area (Å²) in [6, 6.07) is 0.594. The largest absolute Gasteiger partial charge is 0.329 e. The van der Waals surface area contributed by atoms with Crippen LogP contribution in [0.1, 0.15) is 84.5 Å². The van der Waals surface area contributed by atoms with E-state index in [0.717, 1.165) is 6.54 Å². The van der Waals surface area contributed by atoms with Crippen molar-refractivity contribution in [3.8, 4) is 0 Å². The molecule has 1 saturated carbocycles. The van der Waals surface area contributed by atoms with E-state index in [4.69, 9.17) is 5.73 Å². The van der Waals surface area contributed by atoms with Crippen molar-refractivity contribution in [2.75, 3.05) is 13.6 Å². The molecule has 2 heteroatoms. The van der Waals surface area contributed by atoms with E-state index < -0.39 is 0 Å². The van der Waals surface area contributed by atoms with Crippen LogP contribution in [-0.2, 0) is 0 Å². The highest BCUT2D eigenvalue weighted by Crippen LogP contribution is 2.30. The molecule has 0 spiro atoms. The first-order chi connectivity index (χ1) is 9.12. The second kappa shape index (κ2) is 8.97. The van der Waals surface area contributed by atoms with E-state index in [9.17, 15) is 0 Å². The first-order valence-electron chi connectivity index (χ1n) is 8.55. The van der Waals surface area contributed by atoms with Gasteiger partial charge in [-0.05, 0) is 33.7 Å². The highest BCUT2D eigenvalue weighted by molar-refractivity contribution is 4.91. The molecule has 0 aromatic carbocycles. The van der Waals surface area contributed by atoms with Crippen LogP contribution in [0.2, 0.25) is 0 Å². The molecule has 0 bridgehead atoms. The minimum atomic E-state index is 0.257. The molecule has 0 heterocycles. The average Bonchev–Trinajstić information content (AvgIpc) is 2.39. The van der Waals surface area contributed by atoms with E-state index in [1.807, 2.05) is 0 Å². The highest BCUT2D eigenvalue weighted by atomic mass is 15.2. The topological polar surface area (TPSA) is 29.3 Å². The average molecular weight is 268 g/mol. The Labute approximate surface area is 121 Å². The van der Waals surface area contributed by atoms with Crippen molar-refractivity contribution >= 4 is 0 Å². The van der Waals surface area contributed by atoms with Crippen LogP contribution in [0.25, 0.3) is 0 Å². The predicted octanol–water partition coefficient (Wildman–Crippen LogP) is 4.33. The van der Waals surface area contributed by atoms with Crippen LogP contribution in [0.4, 0.5) is 0 Å². The maximum Gasteiger partial charge on any atom is 0.0331 e. The van der Waals surface area contributed by atoms with Crippen LogP contribution in [0.3, 0.4) is 0 Å². The molecule has 1 aliphatic rings. The van der Waals surface area contributed by atoms with E-state index in [1.165, 1.54) is 70.6 Å². The third-order valence-corrected chi connectivity index (χ3v) is 5.19. The Bertz CT molecular complexity index is 213. The molecule has 0 saturated heterocycles. The maximum absolute atomic E-state index is 6.22. The Balaban J connectivity index is 2.65. The molecule has 1 fully saturated rings. The number of nitrogens with zero attached hydrogens (tertiary/aromatic N) is 1. The predicted molar refractivity (Wildman–Crippen MR) is 85.5 cm³/mol. The summed E-state index contributed by atoms with van der Waals surface area (Å²) >= 11 is 0. The van der Waals surface area contributed by atoms with Gasteiger partial charge in [0, 0.05) is 18.1 Å². The van der Waals surface area contributed by atoms with Crippen LogP contribution in [-0.4, -0.2) is 30.1 Å². The number of hydrogen-bond donors (Lipinski definition) is 1. The van der Waals surface area contributed by atoms with Crippen LogP contribution < -0.4 is 5.73 Å². The first-order valence-corrected chi connectivity index (χ1v) is 8.55. The van der Waals surface area contributed by atoms with Crippen LogP contribution in [0.15, 0.2) is 0 Å². The fourth-order valence-corrected chi connectivity index (χ4v) is 3.52. The molecule has 2 nitrogen and oxygen atoms in total. The molecule has 114 valence electrons. The lowest BCUT2D eigenvalue weighted by Gasteiger charge is -2.44. The van der Waals surface area contributed by atoms with Gasteiger partial charge in [-0.15, -0.1) is 0 Å². The van der Waals surface area contributed by atoms with Gasteiger partial charge in [0.05, 0.1) is 0 Å². The highest BCUT2D eigenvalue weighted by Gasteiger charge is 2.33. The standard InChI is InChI=1S/C17H36N2/c1-16(2)19(3)17(15-18)13-11-9-7-5-4-6-8-10-12-14-17/h16H,4-15,18H2,1-3H3. The number of rotatable bonds is 3. The summed E-state index contributed by atoms with van der Waals surface area (Å²) in [6.07, 6.45) is 15.3. The van der Waals surface area contributed by atoms with Crippen molar-refractivity contribution in [2.45, 2.75) is 96.1 Å². The normalized spacial score (nSPS) is 23.1. The molecular formula is C17H36N2. The molecule has 0 amide bonds. The van der Waals surface area contributed by atoms with Gasteiger partial charge in [0.1, 0.15) is 0 Å². The van der Waals surface area contributed by atoms with Gasteiger partial charge < -0.3 is 5.73 Å². The molecule has 0 unspecified atom stereocenters. The summed E-state index contributed by atoms with van der Waals surface area (Å²) in [5, 5.41) is 0. The van der Waals surface area contributed by atoms with Gasteiger partial charge in [0.15, 0.2) is 0 Å². The van der Waals surface area contributed by atoms with Crippen LogP contribution in [0.5, 0.6) is 0 Å². The number of hydrogen-bond acceptors (Lipinski definition) is 2. The molecule has 0 atom stereocenters. The Morgan fingerprint density at radius 1 is 0.842 bits per heavy atom. The molecule has 0 aromatic rings. The summed E-state index contributed by atoms with van der Waals surface area (Å²) in [5.74, 6) is 0. The van der Waals surface area contributed by atoms with Gasteiger partial charge in [-0.2, -0.15) is 0 Å². The Hall–Kier alpha value is -0.0800. The molecule has 0 aliphatic heterocycles. The van der Waals surface area contributed by atoms with Gasteiger partial charge >= 0.3 is 0 Å².